The number of anilines is 2. The lowest BCUT2D eigenvalue weighted by atomic mass is 10.0. The zero-order valence-corrected chi connectivity index (χ0v) is 19.3. The maximum Gasteiger partial charge on any atom is 0.119 e. The van der Waals surface area contributed by atoms with Gasteiger partial charge in [0.2, 0.25) is 0 Å². The van der Waals surface area contributed by atoms with Gasteiger partial charge < -0.3 is 14.8 Å². The van der Waals surface area contributed by atoms with Crippen LogP contribution in [0.3, 0.4) is 0 Å². The molecule has 4 rings (SSSR count). The highest BCUT2D eigenvalue weighted by molar-refractivity contribution is 8.02. The van der Waals surface area contributed by atoms with Crippen LogP contribution in [0.5, 0.6) is 5.75 Å². The maximum absolute atomic E-state index is 6.51. The van der Waals surface area contributed by atoms with E-state index in [9.17, 15) is 0 Å². The number of methoxy groups -OCH3 is 1. The second kappa shape index (κ2) is 10.4. The Balaban J connectivity index is 1.25. The van der Waals surface area contributed by atoms with Crippen LogP contribution in [0.2, 0.25) is 4.34 Å². The van der Waals surface area contributed by atoms with Gasteiger partial charge in [0.25, 0.3) is 0 Å². The Kier molecular flexibility index (Phi) is 7.44. The van der Waals surface area contributed by atoms with E-state index < -0.39 is 0 Å². The molecule has 4 nitrogen and oxygen atoms in total. The summed E-state index contributed by atoms with van der Waals surface area (Å²) in [5, 5.41) is 3.66. The third kappa shape index (κ3) is 5.85. The van der Waals surface area contributed by atoms with E-state index in [-0.39, 0.29) is 0 Å². The lowest BCUT2D eigenvalue weighted by Gasteiger charge is -2.32. The molecule has 1 aromatic heterocycles. The van der Waals surface area contributed by atoms with E-state index in [4.69, 9.17) is 16.3 Å². The molecule has 1 aliphatic heterocycles. The fourth-order valence-corrected chi connectivity index (χ4v) is 5.71. The second-order valence-corrected chi connectivity index (χ2v) is 10.1. The molecule has 30 heavy (non-hydrogen) atoms. The molecule has 1 aliphatic rings. The molecular formula is C23H26ClN3OS2. The highest BCUT2D eigenvalue weighted by Gasteiger charge is 2.20. The Morgan fingerprint density at radius 2 is 1.83 bits per heavy atom. The molecule has 3 aromatic rings. The quantitative estimate of drug-likeness (QED) is 0.371. The van der Waals surface area contributed by atoms with Crippen LogP contribution in [0.1, 0.15) is 18.4 Å². The zero-order chi connectivity index (χ0) is 20.8. The largest absolute Gasteiger partial charge is 0.497 e. The van der Waals surface area contributed by atoms with Gasteiger partial charge in [0.15, 0.2) is 0 Å². The molecule has 7 heteroatoms. The number of nitrogens with zero attached hydrogens (tertiary/aromatic N) is 1. The highest BCUT2D eigenvalue weighted by atomic mass is 35.5. The smallest absolute Gasteiger partial charge is 0.119 e. The molecule has 0 aliphatic carbocycles. The first-order valence-electron chi connectivity index (χ1n) is 10.1. The minimum Gasteiger partial charge on any atom is -0.497 e. The second-order valence-electron chi connectivity index (χ2n) is 7.37. The average Bonchev–Trinajstić information content (AvgIpc) is 3.14. The van der Waals surface area contributed by atoms with E-state index in [1.165, 1.54) is 5.56 Å². The third-order valence-electron chi connectivity index (χ3n) is 5.22. The van der Waals surface area contributed by atoms with Gasteiger partial charge in [-0.05, 0) is 60.7 Å². The van der Waals surface area contributed by atoms with Gasteiger partial charge >= 0.3 is 0 Å². The molecule has 0 radical (unpaired) electrons. The van der Waals surface area contributed by atoms with E-state index in [1.807, 2.05) is 24.3 Å². The van der Waals surface area contributed by atoms with Crippen molar-refractivity contribution in [2.45, 2.75) is 29.6 Å². The fraction of sp³-hybridized carbons (Fsp3) is 0.304. The minimum atomic E-state index is 0.469. The maximum atomic E-state index is 6.51. The van der Waals surface area contributed by atoms with E-state index in [0.717, 1.165) is 58.1 Å². The summed E-state index contributed by atoms with van der Waals surface area (Å²) in [7, 11) is 1.67. The number of rotatable bonds is 8. The van der Waals surface area contributed by atoms with Crippen molar-refractivity contribution in [2.75, 3.05) is 30.2 Å². The number of nitrogens with one attached hydrogen (secondary N) is 2. The van der Waals surface area contributed by atoms with E-state index in [0.29, 0.717) is 6.04 Å². The van der Waals surface area contributed by atoms with Crippen molar-refractivity contribution in [2.24, 2.45) is 0 Å². The van der Waals surface area contributed by atoms with Crippen LogP contribution in [-0.2, 0) is 6.54 Å². The number of hydrogen-bond acceptors (Lipinski definition) is 6. The fourth-order valence-electron chi connectivity index (χ4n) is 3.56. The predicted molar refractivity (Wildman–Crippen MR) is 130 cm³/mol. The van der Waals surface area contributed by atoms with Crippen LogP contribution in [-0.4, -0.2) is 31.1 Å². The summed E-state index contributed by atoms with van der Waals surface area (Å²) in [5.74, 6) is 0.853. The monoisotopic (exact) mass is 459 g/mol. The molecular weight excluding hydrogens is 434 g/mol. The first-order chi connectivity index (χ1) is 14.7. The number of ether oxygens (including phenoxy) is 1. The molecule has 1 fully saturated rings. The van der Waals surface area contributed by atoms with Crippen molar-refractivity contribution in [1.82, 2.24) is 4.90 Å². The van der Waals surface area contributed by atoms with Crippen LogP contribution in [0, 0.1) is 0 Å². The van der Waals surface area contributed by atoms with Crippen LogP contribution >= 0.6 is 34.9 Å². The molecule has 0 bridgehead atoms. The predicted octanol–water partition coefficient (Wildman–Crippen LogP) is 6.61. The average molecular weight is 460 g/mol. The minimum absolute atomic E-state index is 0.469. The summed E-state index contributed by atoms with van der Waals surface area (Å²) in [5.41, 5.74) is 3.46. The molecule has 158 valence electrons. The normalized spacial score (nSPS) is 15.1. The lowest BCUT2D eigenvalue weighted by molar-refractivity contribution is 0.211. The third-order valence-corrected chi connectivity index (χ3v) is 7.53. The number of likely N-dealkylation sites (tertiary alicyclic amines) is 1. The Hall–Kier alpha value is -1.86. The van der Waals surface area contributed by atoms with Gasteiger partial charge in [0, 0.05) is 31.4 Å². The Morgan fingerprint density at radius 1 is 1.10 bits per heavy atom. The molecule has 0 amide bonds. The summed E-state index contributed by atoms with van der Waals surface area (Å²) >= 11 is 9.69. The number of piperidine rings is 1. The van der Waals surface area contributed by atoms with Gasteiger partial charge in [0.1, 0.15) is 10.1 Å². The molecule has 0 saturated carbocycles. The molecule has 0 atom stereocenters. The van der Waals surface area contributed by atoms with Crippen molar-refractivity contribution in [3.63, 3.8) is 0 Å². The number of halogens is 1. The summed E-state index contributed by atoms with van der Waals surface area (Å²) < 4.78 is 10.5. The van der Waals surface area contributed by atoms with Crippen molar-refractivity contribution in [3.8, 4) is 5.75 Å². The molecule has 0 unspecified atom stereocenters. The summed E-state index contributed by atoms with van der Waals surface area (Å²) in [6.07, 6.45) is 2.26. The first kappa shape index (κ1) is 21.4. The van der Waals surface area contributed by atoms with E-state index in [1.54, 1.807) is 30.4 Å². The number of benzene rings is 2. The van der Waals surface area contributed by atoms with Gasteiger partial charge in [-0.25, -0.2) is 0 Å². The van der Waals surface area contributed by atoms with E-state index in [2.05, 4.69) is 51.3 Å². The van der Waals surface area contributed by atoms with Crippen LogP contribution in [0.4, 0.5) is 11.4 Å². The number of hydrogen-bond donors (Lipinski definition) is 2. The topological polar surface area (TPSA) is 36.5 Å². The van der Waals surface area contributed by atoms with Gasteiger partial charge in [0.05, 0.1) is 17.0 Å². The molecule has 1 saturated heterocycles. The lowest BCUT2D eigenvalue weighted by Crippen LogP contribution is -2.38. The SMILES string of the molecule is COc1ccc(NSc2cc(NC3CCN(Cc4ccccc4)CC3)c(Cl)s2)cc1. The van der Waals surface area contributed by atoms with Crippen LogP contribution in [0.25, 0.3) is 0 Å². The first-order valence-corrected chi connectivity index (χ1v) is 12.1. The Bertz CT molecular complexity index is 925. The van der Waals surface area contributed by atoms with Gasteiger partial charge in [-0.15, -0.1) is 11.3 Å². The van der Waals surface area contributed by atoms with Crippen molar-refractivity contribution >= 4 is 46.3 Å². The van der Waals surface area contributed by atoms with Gasteiger partial charge in [-0.2, -0.15) is 0 Å². The summed E-state index contributed by atoms with van der Waals surface area (Å²) in [4.78, 5) is 2.53. The summed E-state index contributed by atoms with van der Waals surface area (Å²) in [6, 6.07) is 21.2. The van der Waals surface area contributed by atoms with E-state index >= 15 is 0 Å². The summed E-state index contributed by atoms with van der Waals surface area (Å²) in [6.45, 7) is 3.24. The molecule has 2 heterocycles. The molecule has 0 spiro atoms. The molecule has 2 aromatic carbocycles. The van der Waals surface area contributed by atoms with Crippen molar-refractivity contribution < 1.29 is 4.74 Å². The zero-order valence-electron chi connectivity index (χ0n) is 16.9. The van der Waals surface area contributed by atoms with Crippen LogP contribution < -0.4 is 14.8 Å². The van der Waals surface area contributed by atoms with Gasteiger partial charge in [-0.1, -0.05) is 41.9 Å². The van der Waals surface area contributed by atoms with Crippen molar-refractivity contribution in [1.29, 1.82) is 0 Å². The Morgan fingerprint density at radius 3 is 2.53 bits per heavy atom. The molecule has 2 N–H and O–H groups in total. The van der Waals surface area contributed by atoms with Gasteiger partial charge in [-0.3, -0.25) is 4.90 Å². The van der Waals surface area contributed by atoms with Crippen LogP contribution in [0.15, 0.2) is 64.9 Å². The Labute approximate surface area is 191 Å². The highest BCUT2D eigenvalue weighted by Crippen LogP contribution is 2.39. The van der Waals surface area contributed by atoms with Crippen molar-refractivity contribution in [3.05, 3.63) is 70.6 Å². The standard InChI is InChI=1S/C23H26ClN3OS2/c1-28-20-9-7-19(8-10-20)26-30-22-15-21(23(24)29-22)25-18-11-13-27(14-12-18)16-17-5-3-2-4-6-17/h2-10,15,18,25-26H,11-14,16H2,1H3. The number of thiophene rings is 1.